The molecule has 4 heteroatoms. The van der Waals surface area contributed by atoms with Gasteiger partial charge in [0.25, 0.3) is 0 Å². The van der Waals surface area contributed by atoms with Crippen LogP contribution < -0.4 is 14.8 Å². The first-order valence-electron chi connectivity index (χ1n) is 7.89. The summed E-state index contributed by atoms with van der Waals surface area (Å²) in [5.74, 6) is 1.27. The molecule has 0 fully saturated rings. The van der Waals surface area contributed by atoms with Gasteiger partial charge < -0.3 is 14.8 Å². The van der Waals surface area contributed by atoms with Crippen molar-refractivity contribution >= 4 is 12.0 Å². The number of unbranched alkanes of at least 4 members (excludes halogenated alkanes) is 4. The molecule has 1 aromatic rings. The van der Waals surface area contributed by atoms with Gasteiger partial charge in [0.1, 0.15) is 0 Å². The van der Waals surface area contributed by atoms with Gasteiger partial charge in [-0.25, -0.2) is 0 Å². The van der Waals surface area contributed by atoms with Crippen LogP contribution in [0.3, 0.4) is 0 Å². The molecule has 0 aliphatic rings. The first-order valence-corrected chi connectivity index (χ1v) is 7.89. The van der Waals surface area contributed by atoms with Crippen molar-refractivity contribution in [2.24, 2.45) is 0 Å². The summed E-state index contributed by atoms with van der Waals surface area (Å²) in [5, 5.41) is 2.90. The molecule has 0 spiro atoms. The van der Waals surface area contributed by atoms with E-state index >= 15 is 0 Å². The Morgan fingerprint density at radius 2 is 1.82 bits per heavy atom. The smallest absolute Gasteiger partial charge is 0.243 e. The minimum Gasteiger partial charge on any atom is -0.493 e. The summed E-state index contributed by atoms with van der Waals surface area (Å²) in [6.45, 7) is 2.93. The van der Waals surface area contributed by atoms with E-state index in [2.05, 4.69) is 12.2 Å². The van der Waals surface area contributed by atoms with Crippen molar-refractivity contribution in [3.05, 3.63) is 29.8 Å². The number of nitrogens with one attached hydrogen (secondary N) is 1. The lowest BCUT2D eigenvalue weighted by molar-refractivity contribution is -0.116. The van der Waals surface area contributed by atoms with Crippen LogP contribution in [0.25, 0.3) is 6.08 Å². The maximum Gasteiger partial charge on any atom is 0.243 e. The van der Waals surface area contributed by atoms with Crippen LogP contribution in [0.1, 0.15) is 44.6 Å². The number of methoxy groups -OCH3 is 2. The molecule has 1 rings (SSSR count). The fourth-order valence-corrected chi connectivity index (χ4v) is 2.13. The molecule has 4 nitrogen and oxygen atoms in total. The van der Waals surface area contributed by atoms with Crippen molar-refractivity contribution in [1.82, 2.24) is 5.32 Å². The van der Waals surface area contributed by atoms with Gasteiger partial charge in [-0.1, -0.05) is 38.7 Å². The van der Waals surface area contributed by atoms with Gasteiger partial charge in [-0.15, -0.1) is 0 Å². The van der Waals surface area contributed by atoms with Crippen molar-refractivity contribution in [1.29, 1.82) is 0 Å². The summed E-state index contributed by atoms with van der Waals surface area (Å²) in [5.41, 5.74) is 0.899. The summed E-state index contributed by atoms with van der Waals surface area (Å²) in [7, 11) is 3.19. The zero-order valence-corrected chi connectivity index (χ0v) is 13.9. The fraction of sp³-hybridized carbons (Fsp3) is 0.500. The van der Waals surface area contributed by atoms with Crippen LogP contribution in [0.4, 0.5) is 0 Å². The molecule has 0 saturated carbocycles. The largest absolute Gasteiger partial charge is 0.493 e. The van der Waals surface area contributed by atoms with Crippen molar-refractivity contribution in [3.8, 4) is 11.5 Å². The van der Waals surface area contributed by atoms with E-state index in [9.17, 15) is 4.79 Å². The van der Waals surface area contributed by atoms with Crippen molar-refractivity contribution in [3.63, 3.8) is 0 Å². The summed E-state index contributed by atoms with van der Waals surface area (Å²) in [6.07, 6.45) is 9.28. The van der Waals surface area contributed by atoms with Gasteiger partial charge >= 0.3 is 0 Å². The van der Waals surface area contributed by atoms with Gasteiger partial charge in [0.15, 0.2) is 11.5 Å². The molecule has 0 aliphatic heterocycles. The van der Waals surface area contributed by atoms with Gasteiger partial charge in [-0.2, -0.15) is 0 Å². The molecule has 1 N–H and O–H groups in total. The molecule has 0 unspecified atom stereocenters. The Balaban J connectivity index is 2.39. The average molecular weight is 305 g/mol. The van der Waals surface area contributed by atoms with Crippen LogP contribution in [-0.2, 0) is 4.79 Å². The van der Waals surface area contributed by atoms with Crippen molar-refractivity contribution < 1.29 is 14.3 Å². The highest BCUT2D eigenvalue weighted by atomic mass is 16.5. The Labute approximate surface area is 133 Å². The van der Waals surface area contributed by atoms with Crippen LogP contribution in [-0.4, -0.2) is 26.7 Å². The lowest BCUT2D eigenvalue weighted by atomic mass is 10.1. The van der Waals surface area contributed by atoms with Gasteiger partial charge in [0.2, 0.25) is 5.91 Å². The number of hydrogen-bond donors (Lipinski definition) is 1. The molecule has 0 aromatic heterocycles. The first kappa shape index (κ1) is 18.1. The van der Waals surface area contributed by atoms with E-state index in [0.717, 1.165) is 18.5 Å². The fourth-order valence-electron chi connectivity index (χ4n) is 2.13. The van der Waals surface area contributed by atoms with Crippen LogP contribution in [0, 0.1) is 0 Å². The van der Waals surface area contributed by atoms with E-state index in [1.807, 2.05) is 18.2 Å². The molecule has 22 heavy (non-hydrogen) atoms. The van der Waals surface area contributed by atoms with Crippen molar-refractivity contribution in [2.75, 3.05) is 20.8 Å². The van der Waals surface area contributed by atoms with Crippen LogP contribution >= 0.6 is 0 Å². The second kappa shape index (κ2) is 10.7. The second-order valence-corrected chi connectivity index (χ2v) is 5.15. The molecule has 0 saturated heterocycles. The Morgan fingerprint density at radius 3 is 2.50 bits per heavy atom. The Kier molecular flexibility index (Phi) is 8.80. The molecule has 1 amide bonds. The zero-order chi connectivity index (χ0) is 16.2. The quantitative estimate of drug-likeness (QED) is 0.528. The van der Waals surface area contributed by atoms with E-state index in [4.69, 9.17) is 9.47 Å². The summed E-state index contributed by atoms with van der Waals surface area (Å²) >= 11 is 0. The summed E-state index contributed by atoms with van der Waals surface area (Å²) < 4.78 is 10.4. The average Bonchev–Trinajstić information content (AvgIpc) is 2.55. The minimum absolute atomic E-state index is 0.0646. The summed E-state index contributed by atoms with van der Waals surface area (Å²) in [6, 6.07) is 5.55. The lowest BCUT2D eigenvalue weighted by Crippen LogP contribution is -2.21. The predicted molar refractivity (Wildman–Crippen MR) is 90.3 cm³/mol. The Morgan fingerprint density at radius 1 is 1.09 bits per heavy atom. The minimum atomic E-state index is -0.0646. The molecular weight excluding hydrogens is 278 g/mol. The van der Waals surface area contributed by atoms with Crippen LogP contribution in [0.5, 0.6) is 11.5 Å². The van der Waals surface area contributed by atoms with Gasteiger partial charge in [0.05, 0.1) is 14.2 Å². The standard InChI is InChI=1S/C18H27NO3/c1-4-5-6-7-8-13-19-18(20)12-10-15-9-11-16(21-2)17(14-15)22-3/h9-12,14H,4-8,13H2,1-3H3,(H,19,20)/b12-10+. The molecule has 0 heterocycles. The maximum atomic E-state index is 11.7. The normalized spacial score (nSPS) is 10.7. The molecule has 122 valence electrons. The summed E-state index contributed by atoms with van der Waals surface area (Å²) in [4.78, 5) is 11.7. The topological polar surface area (TPSA) is 47.6 Å². The van der Waals surface area contributed by atoms with Gasteiger partial charge in [-0.3, -0.25) is 4.79 Å². The third kappa shape index (κ3) is 6.66. The van der Waals surface area contributed by atoms with E-state index in [0.29, 0.717) is 11.5 Å². The molecular formula is C18H27NO3. The number of hydrogen-bond acceptors (Lipinski definition) is 3. The molecule has 0 radical (unpaired) electrons. The van der Waals surface area contributed by atoms with Crippen LogP contribution in [0.2, 0.25) is 0 Å². The highest BCUT2D eigenvalue weighted by Gasteiger charge is 2.03. The third-order valence-electron chi connectivity index (χ3n) is 3.41. The van der Waals surface area contributed by atoms with Gasteiger partial charge in [0, 0.05) is 12.6 Å². The number of ether oxygens (including phenoxy) is 2. The maximum absolute atomic E-state index is 11.7. The Bertz CT molecular complexity index is 483. The first-order chi connectivity index (χ1) is 10.7. The predicted octanol–water partition coefficient (Wildman–Crippen LogP) is 3.80. The number of benzene rings is 1. The SMILES string of the molecule is CCCCCCCNC(=O)/C=C/c1ccc(OC)c(OC)c1. The molecule has 0 atom stereocenters. The number of amides is 1. The van der Waals surface area contributed by atoms with E-state index in [1.54, 1.807) is 26.4 Å². The Hall–Kier alpha value is -1.97. The third-order valence-corrected chi connectivity index (χ3v) is 3.41. The lowest BCUT2D eigenvalue weighted by Gasteiger charge is -2.07. The number of carbonyl (C=O) groups is 1. The molecule has 0 bridgehead atoms. The van der Waals surface area contributed by atoms with Crippen LogP contribution in [0.15, 0.2) is 24.3 Å². The van der Waals surface area contributed by atoms with E-state index in [-0.39, 0.29) is 5.91 Å². The van der Waals surface area contributed by atoms with E-state index in [1.165, 1.54) is 25.7 Å². The molecule has 1 aromatic carbocycles. The highest BCUT2D eigenvalue weighted by Crippen LogP contribution is 2.27. The van der Waals surface area contributed by atoms with Gasteiger partial charge in [-0.05, 0) is 30.2 Å². The van der Waals surface area contributed by atoms with E-state index < -0.39 is 0 Å². The van der Waals surface area contributed by atoms with Crippen molar-refractivity contribution in [2.45, 2.75) is 39.0 Å². The highest BCUT2D eigenvalue weighted by molar-refractivity contribution is 5.91. The second-order valence-electron chi connectivity index (χ2n) is 5.15. The zero-order valence-electron chi connectivity index (χ0n) is 13.9. The monoisotopic (exact) mass is 305 g/mol. The number of rotatable bonds is 10. The number of carbonyl (C=O) groups excluding carboxylic acids is 1. The molecule has 0 aliphatic carbocycles.